The second-order valence-electron chi connectivity index (χ2n) is 4.53. The first-order chi connectivity index (χ1) is 7.57. The maximum Gasteiger partial charge on any atom is 0.109 e. The fourth-order valence-electron chi connectivity index (χ4n) is 1.86. The smallest absolute Gasteiger partial charge is 0.109 e. The molecule has 0 bridgehead atoms. The summed E-state index contributed by atoms with van der Waals surface area (Å²) in [7, 11) is -2.16. The lowest BCUT2D eigenvalue weighted by molar-refractivity contribution is 0.0769. The summed E-state index contributed by atoms with van der Waals surface area (Å²) in [6.07, 6.45) is 0. The Labute approximate surface area is 96.6 Å². The van der Waals surface area contributed by atoms with Crippen LogP contribution in [0.15, 0.2) is 24.3 Å². The van der Waals surface area contributed by atoms with E-state index in [2.05, 4.69) is 11.4 Å². The summed E-state index contributed by atoms with van der Waals surface area (Å²) in [5.41, 5.74) is 1.17. The largest absolute Gasteiger partial charge is 0.378 e. The Morgan fingerprint density at radius 2 is 2.25 bits per heavy atom. The van der Waals surface area contributed by atoms with E-state index in [9.17, 15) is 4.57 Å². The molecular weight excluding hydrogens is 221 g/mol. The molecule has 2 rings (SSSR count). The number of rotatable bonds is 2. The van der Waals surface area contributed by atoms with Gasteiger partial charge in [0.05, 0.1) is 19.3 Å². The van der Waals surface area contributed by atoms with Crippen molar-refractivity contribution >= 4 is 12.4 Å². The summed E-state index contributed by atoms with van der Waals surface area (Å²) in [6, 6.07) is 8.24. The van der Waals surface area contributed by atoms with E-state index < -0.39 is 7.14 Å². The van der Waals surface area contributed by atoms with Gasteiger partial charge in [-0.1, -0.05) is 18.2 Å². The van der Waals surface area contributed by atoms with E-state index in [0.29, 0.717) is 6.61 Å². The van der Waals surface area contributed by atoms with Gasteiger partial charge in [-0.2, -0.15) is 0 Å². The molecule has 4 heteroatoms. The molecule has 0 radical (unpaired) electrons. The average Bonchev–Trinajstić information content (AvgIpc) is 2.29. The van der Waals surface area contributed by atoms with Crippen molar-refractivity contribution in [2.45, 2.75) is 6.04 Å². The molecular formula is C12H18NO2P. The van der Waals surface area contributed by atoms with Crippen LogP contribution in [0.4, 0.5) is 0 Å². The molecule has 0 saturated carbocycles. The molecule has 1 fully saturated rings. The van der Waals surface area contributed by atoms with Crippen molar-refractivity contribution in [3.05, 3.63) is 29.8 Å². The second kappa shape index (κ2) is 4.70. The molecule has 1 atom stereocenters. The maximum absolute atomic E-state index is 12.0. The van der Waals surface area contributed by atoms with Crippen LogP contribution in [0.2, 0.25) is 0 Å². The monoisotopic (exact) mass is 239 g/mol. The Bertz CT molecular complexity index is 407. The third-order valence-electron chi connectivity index (χ3n) is 2.82. The summed E-state index contributed by atoms with van der Waals surface area (Å²) in [4.78, 5) is 0. The summed E-state index contributed by atoms with van der Waals surface area (Å²) < 4.78 is 17.4. The predicted octanol–water partition coefficient (Wildman–Crippen LogP) is 1.60. The summed E-state index contributed by atoms with van der Waals surface area (Å²) >= 11 is 0. The predicted molar refractivity (Wildman–Crippen MR) is 67.1 cm³/mol. The lowest BCUT2D eigenvalue weighted by Crippen LogP contribution is -2.34. The van der Waals surface area contributed by atoms with Gasteiger partial charge in [0.25, 0.3) is 0 Å². The standard InChI is InChI=1S/C12H18NO2P/c1-16(2,14)11-5-3-4-10(8-11)12-9-15-7-6-13-12/h3-5,8,12-13H,6-7,9H2,1-2H3. The fourth-order valence-corrected chi connectivity index (χ4v) is 2.76. The minimum atomic E-state index is -2.16. The van der Waals surface area contributed by atoms with Gasteiger partial charge in [0, 0.05) is 11.8 Å². The number of ether oxygens (including phenoxy) is 1. The van der Waals surface area contributed by atoms with Crippen LogP contribution in [0, 0.1) is 0 Å². The third kappa shape index (κ3) is 2.73. The molecule has 1 saturated heterocycles. The van der Waals surface area contributed by atoms with Gasteiger partial charge in [-0.3, -0.25) is 0 Å². The molecule has 1 heterocycles. The van der Waals surface area contributed by atoms with Gasteiger partial charge in [0.15, 0.2) is 0 Å². The van der Waals surface area contributed by atoms with Crippen LogP contribution in [-0.2, 0) is 9.30 Å². The van der Waals surface area contributed by atoms with Gasteiger partial charge in [-0.15, -0.1) is 0 Å². The highest BCUT2D eigenvalue weighted by Crippen LogP contribution is 2.35. The maximum atomic E-state index is 12.0. The van der Waals surface area contributed by atoms with E-state index in [1.807, 2.05) is 18.2 Å². The van der Waals surface area contributed by atoms with Crippen molar-refractivity contribution in [2.24, 2.45) is 0 Å². The highest BCUT2D eigenvalue weighted by molar-refractivity contribution is 7.70. The molecule has 1 aliphatic heterocycles. The molecule has 1 aliphatic rings. The quantitative estimate of drug-likeness (QED) is 0.797. The van der Waals surface area contributed by atoms with Crippen LogP contribution in [0.1, 0.15) is 11.6 Å². The van der Waals surface area contributed by atoms with E-state index >= 15 is 0 Å². The molecule has 3 nitrogen and oxygen atoms in total. The first-order valence-electron chi connectivity index (χ1n) is 5.54. The van der Waals surface area contributed by atoms with E-state index in [1.165, 1.54) is 5.56 Å². The zero-order chi connectivity index (χ0) is 11.6. The molecule has 0 spiro atoms. The van der Waals surface area contributed by atoms with Crippen molar-refractivity contribution in [3.63, 3.8) is 0 Å². The van der Waals surface area contributed by atoms with Crippen molar-refractivity contribution in [3.8, 4) is 0 Å². The van der Waals surface area contributed by atoms with Crippen molar-refractivity contribution in [1.29, 1.82) is 0 Å². The molecule has 0 aromatic heterocycles. The van der Waals surface area contributed by atoms with Crippen molar-refractivity contribution < 1.29 is 9.30 Å². The lowest BCUT2D eigenvalue weighted by Gasteiger charge is -2.24. The Hall–Kier alpha value is -0.630. The second-order valence-corrected chi connectivity index (χ2v) is 7.75. The Kier molecular flexibility index (Phi) is 3.48. The molecule has 0 amide bonds. The molecule has 16 heavy (non-hydrogen) atoms. The van der Waals surface area contributed by atoms with Gasteiger partial charge < -0.3 is 14.6 Å². The molecule has 1 aromatic carbocycles. The van der Waals surface area contributed by atoms with Gasteiger partial charge in [-0.05, 0) is 25.0 Å². The zero-order valence-corrected chi connectivity index (χ0v) is 10.7. The molecule has 1 unspecified atom stereocenters. The topological polar surface area (TPSA) is 38.3 Å². The molecule has 88 valence electrons. The molecule has 1 N–H and O–H groups in total. The SMILES string of the molecule is CP(C)(=O)c1cccc(C2COCCN2)c1. The van der Waals surface area contributed by atoms with Gasteiger partial charge >= 0.3 is 0 Å². The Morgan fingerprint density at radius 1 is 1.44 bits per heavy atom. The highest BCUT2D eigenvalue weighted by Gasteiger charge is 2.17. The summed E-state index contributed by atoms with van der Waals surface area (Å²) in [6.45, 7) is 5.95. The average molecular weight is 239 g/mol. The van der Waals surface area contributed by atoms with E-state index in [0.717, 1.165) is 18.5 Å². The van der Waals surface area contributed by atoms with Crippen LogP contribution in [0.5, 0.6) is 0 Å². The van der Waals surface area contributed by atoms with Gasteiger partial charge in [-0.25, -0.2) is 0 Å². The first-order valence-corrected chi connectivity index (χ1v) is 8.14. The van der Waals surface area contributed by atoms with Gasteiger partial charge in [0.2, 0.25) is 0 Å². The fraction of sp³-hybridized carbons (Fsp3) is 0.500. The lowest BCUT2D eigenvalue weighted by atomic mass is 10.1. The normalized spacial score (nSPS) is 22.0. The number of hydrogen-bond acceptors (Lipinski definition) is 3. The van der Waals surface area contributed by atoms with Crippen molar-refractivity contribution in [2.75, 3.05) is 33.1 Å². The highest BCUT2D eigenvalue weighted by atomic mass is 31.2. The van der Waals surface area contributed by atoms with E-state index in [1.54, 1.807) is 13.3 Å². The zero-order valence-electron chi connectivity index (χ0n) is 9.77. The van der Waals surface area contributed by atoms with Crippen LogP contribution in [0.25, 0.3) is 0 Å². The van der Waals surface area contributed by atoms with Crippen LogP contribution in [0.3, 0.4) is 0 Å². The minimum Gasteiger partial charge on any atom is -0.378 e. The van der Waals surface area contributed by atoms with Crippen LogP contribution >= 0.6 is 7.14 Å². The van der Waals surface area contributed by atoms with Gasteiger partial charge in [0.1, 0.15) is 7.14 Å². The number of hydrogen-bond donors (Lipinski definition) is 1. The number of nitrogens with one attached hydrogen (secondary N) is 1. The molecule has 1 aromatic rings. The van der Waals surface area contributed by atoms with E-state index in [-0.39, 0.29) is 6.04 Å². The number of morpholine rings is 1. The van der Waals surface area contributed by atoms with Crippen LogP contribution in [-0.4, -0.2) is 33.1 Å². The molecule has 0 aliphatic carbocycles. The first kappa shape index (κ1) is 11.8. The number of benzene rings is 1. The third-order valence-corrected chi connectivity index (χ3v) is 4.34. The Morgan fingerprint density at radius 3 is 2.88 bits per heavy atom. The van der Waals surface area contributed by atoms with Crippen LogP contribution < -0.4 is 10.6 Å². The summed E-state index contributed by atoms with van der Waals surface area (Å²) in [5, 5.41) is 4.34. The Balaban J connectivity index is 2.24. The van der Waals surface area contributed by atoms with Crippen molar-refractivity contribution in [1.82, 2.24) is 5.32 Å². The minimum absolute atomic E-state index is 0.236. The summed E-state index contributed by atoms with van der Waals surface area (Å²) in [5.74, 6) is 0. The van der Waals surface area contributed by atoms with E-state index in [4.69, 9.17) is 4.74 Å².